The number of rotatable bonds is 6. The molecular formula is C15H17Cl2N3O2. The largest absolute Gasteiger partial charge is 0.480 e. The van der Waals surface area contributed by atoms with Crippen molar-refractivity contribution in [3.8, 4) is 0 Å². The lowest BCUT2D eigenvalue weighted by atomic mass is 9.92. The number of hydrogen-bond acceptors (Lipinski definition) is 3. The van der Waals surface area contributed by atoms with Gasteiger partial charge in [-0.15, -0.1) is 0 Å². The highest BCUT2D eigenvalue weighted by atomic mass is 35.5. The molecular weight excluding hydrogens is 325 g/mol. The van der Waals surface area contributed by atoms with Gasteiger partial charge in [0.2, 0.25) is 0 Å². The lowest BCUT2D eigenvalue weighted by Gasteiger charge is -2.27. The Balaban J connectivity index is 2.28. The van der Waals surface area contributed by atoms with Gasteiger partial charge in [-0.2, -0.15) is 0 Å². The summed E-state index contributed by atoms with van der Waals surface area (Å²) in [6, 6.07) is 4.81. The Labute approximate surface area is 138 Å². The highest BCUT2D eigenvalue weighted by molar-refractivity contribution is 6.42. The summed E-state index contributed by atoms with van der Waals surface area (Å²) < 4.78 is 1.95. The van der Waals surface area contributed by atoms with Gasteiger partial charge in [0.25, 0.3) is 0 Å². The summed E-state index contributed by atoms with van der Waals surface area (Å²) >= 11 is 11.9. The van der Waals surface area contributed by atoms with Gasteiger partial charge in [0.1, 0.15) is 11.4 Å². The maximum absolute atomic E-state index is 11.8. The van der Waals surface area contributed by atoms with Gasteiger partial charge in [0.15, 0.2) is 0 Å². The molecule has 0 bridgehead atoms. The molecule has 7 heteroatoms. The summed E-state index contributed by atoms with van der Waals surface area (Å²) in [6.45, 7) is 4.69. The van der Waals surface area contributed by atoms with Gasteiger partial charge in [-0.3, -0.25) is 5.32 Å². The van der Waals surface area contributed by atoms with Crippen molar-refractivity contribution in [3.05, 3.63) is 52.0 Å². The number of aliphatic carboxylic acids is 1. The van der Waals surface area contributed by atoms with Crippen LogP contribution in [0.25, 0.3) is 0 Å². The lowest BCUT2D eigenvalue weighted by molar-refractivity contribution is -0.144. The Kier molecular flexibility index (Phi) is 5.11. The molecule has 0 spiro atoms. The molecule has 2 rings (SSSR count). The second kappa shape index (κ2) is 6.69. The fourth-order valence-corrected chi connectivity index (χ4v) is 2.46. The van der Waals surface area contributed by atoms with E-state index in [-0.39, 0.29) is 0 Å². The number of aryl methyl sites for hydroxylation is 1. The van der Waals surface area contributed by atoms with Gasteiger partial charge in [-0.05, 0) is 31.5 Å². The van der Waals surface area contributed by atoms with Crippen LogP contribution in [0.2, 0.25) is 10.0 Å². The van der Waals surface area contributed by atoms with Gasteiger partial charge in [-0.25, -0.2) is 9.78 Å². The predicted molar refractivity (Wildman–Crippen MR) is 86.2 cm³/mol. The molecule has 1 atom stereocenters. The Bertz CT molecular complexity index is 687. The van der Waals surface area contributed by atoms with Gasteiger partial charge in [0, 0.05) is 18.9 Å². The van der Waals surface area contributed by atoms with Gasteiger partial charge < -0.3 is 9.67 Å². The van der Waals surface area contributed by atoms with Crippen LogP contribution in [0.5, 0.6) is 0 Å². The molecule has 118 valence electrons. The molecule has 1 heterocycles. The molecule has 0 aliphatic heterocycles. The summed E-state index contributed by atoms with van der Waals surface area (Å²) in [4.78, 5) is 16.0. The van der Waals surface area contributed by atoms with E-state index in [4.69, 9.17) is 23.2 Å². The van der Waals surface area contributed by atoms with Crippen LogP contribution >= 0.6 is 23.2 Å². The average Bonchev–Trinajstić information content (AvgIpc) is 2.94. The summed E-state index contributed by atoms with van der Waals surface area (Å²) in [5, 5.41) is 13.4. The van der Waals surface area contributed by atoms with Crippen molar-refractivity contribution in [1.29, 1.82) is 0 Å². The predicted octanol–water partition coefficient (Wildman–Crippen LogP) is 3.30. The monoisotopic (exact) mass is 341 g/mol. The molecule has 0 radical (unpaired) electrons. The number of carboxylic acid groups (broad SMARTS) is 1. The van der Waals surface area contributed by atoms with Crippen LogP contribution in [0.4, 0.5) is 0 Å². The first kappa shape index (κ1) is 16.8. The van der Waals surface area contributed by atoms with Crippen molar-refractivity contribution < 1.29 is 9.90 Å². The number of hydrogen-bond donors (Lipinski definition) is 2. The highest BCUT2D eigenvalue weighted by Crippen LogP contribution is 2.29. The zero-order valence-electron chi connectivity index (χ0n) is 12.3. The van der Waals surface area contributed by atoms with Crippen LogP contribution in [0.3, 0.4) is 0 Å². The normalized spacial score (nSPS) is 13.8. The zero-order chi connectivity index (χ0) is 16.3. The highest BCUT2D eigenvalue weighted by Gasteiger charge is 2.35. The SMILES string of the molecule is CCn1ccnc1CNC(C)(C(=O)O)c1ccc(Cl)c(Cl)c1. The van der Waals surface area contributed by atoms with E-state index in [9.17, 15) is 9.90 Å². The molecule has 1 unspecified atom stereocenters. The molecule has 1 aromatic carbocycles. The number of aromatic nitrogens is 2. The first-order chi connectivity index (χ1) is 10.4. The zero-order valence-corrected chi connectivity index (χ0v) is 13.8. The second-order valence-corrected chi connectivity index (χ2v) is 5.86. The Morgan fingerprint density at radius 2 is 2.14 bits per heavy atom. The van der Waals surface area contributed by atoms with Gasteiger partial charge >= 0.3 is 5.97 Å². The first-order valence-electron chi connectivity index (χ1n) is 6.82. The minimum Gasteiger partial charge on any atom is -0.480 e. The van der Waals surface area contributed by atoms with E-state index in [1.54, 1.807) is 31.3 Å². The minimum absolute atomic E-state index is 0.323. The quantitative estimate of drug-likeness (QED) is 0.845. The van der Waals surface area contributed by atoms with E-state index >= 15 is 0 Å². The third-order valence-electron chi connectivity index (χ3n) is 3.67. The van der Waals surface area contributed by atoms with Crippen LogP contribution in [0, 0.1) is 0 Å². The molecule has 2 N–H and O–H groups in total. The fourth-order valence-electron chi connectivity index (χ4n) is 2.16. The maximum Gasteiger partial charge on any atom is 0.328 e. The van der Waals surface area contributed by atoms with E-state index in [0.29, 0.717) is 22.2 Å². The fraction of sp³-hybridized carbons (Fsp3) is 0.333. The summed E-state index contributed by atoms with van der Waals surface area (Å²) in [5.74, 6) is -0.226. The first-order valence-corrected chi connectivity index (χ1v) is 7.58. The van der Waals surface area contributed by atoms with E-state index < -0.39 is 11.5 Å². The van der Waals surface area contributed by atoms with Crippen LogP contribution < -0.4 is 5.32 Å². The summed E-state index contributed by atoms with van der Waals surface area (Å²) in [5.41, 5.74) is -0.761. The minimum atomic E-state index is -1.29. The molecule has 2 aromatic rings. The topological polar surface area (TPSA) is 67.2 Å². The van der Waals surface area contributed by atoms with Crippen LogP contribution in [-0.2, 0) is 23.4 Å². The number of imidazole rings is 1. The van der Waals surface area contributed by atoms with E-state index in [1.807, 2.05) is 17.7 Å². The van der Waals surface area contributed by atoms with E-state index in [0.717, 1.165) is 12.4 Å². The number of halogens is 2. The van der Waals surface area contributed by atoms with Gasteiger partial charge in [-0.1, -0.05) is 29.3 Å². The number of nitrogens with one attached hydrogen (secondary N) is 1. The summed E-state index contributed by atoms with van der Waals surface area (Å²) in [7, 11) is 0. The van der Waals surface area contributed by atoms with Crippen molar-refractivity contribution in [1.82, 2.24) is 14.9 Å². The third kappa shape index (κ3) is 3.27. The van der Waals surface area contributed by atoms with Crippen molar-refractivity contribution in [2.75, 3.05) is 0 Å². The Morgan fingerprint density at radius 1 is 1.41 bits per heavy atom. The number of benzene rings is 1. The number of nitrogens with zero attached hydrogens (tertiary/aromatic N) is 2. The number of carboxylic acids is 1. The molecule has 0 fully saturated rings. The van der Waals surface area contributed by atoms with Crippen molar-refractivity contribution >= 4 is 29.2 Å². The van der Waals surface area contributed by atoms with E-state index in [2.05, 4.69) is 10.3 Å². The number of carbonyl (C=O) groups is 1. The maximum atomic E-state index is 11.8. The lowest BCUT2D eigenvalue weighted by Crippen LogP contribution is -2.46. The molecule has 0 aliphatic carbocycles. The van der Waals surface area contributed by atoms with Gasteiger partial charge in [0.05, 0.1) is 16.6 Å². The van der Waals surface area contributed by atoms with Crippen LogP contribution in [-0.4, -0.2) is 20.6 Å². The molecule has 0 amide bonds. The Morgan fingerprint density at radius 3 is 2.73 bits per heavy atom. The molecule has 1 aromatic heterocycles. The standard InChI is InChI=1S/C15H17Cl2N3O2/c1-3-20-7-6-18-13(20)9-19-15(2,14(21)22)10-4-5-11(16)12(17)8-10/h4-8,19H,3,9H2,1-2H3,(H,21,22). The van der Waals surface area contributed by atoms with Crippen molar-refractivity contribution in [2.24, 2.45) is 0 Å². The third-order valence-corrected chi connectivity index (χ3v) is 4.41. The van der Waals surface area contributed by atoms with Crippen molar-refractivity contribution in [2.45, 2.75) is 32.5 Å². The smallest absolute Gasteiger partial charge is 0.328 e. The van der Waals surface area contributed by atoms with E-state index in [1.165, 1.54) is 0 Å². The van der Waals surface area contributed by atoms with Crippen molar-refractivity contribution in [3.63, 3.8) is 0 Å². The molecule has 0 aliphatic rings. The molecule has 0 saturated heterocycles. The Hall–Kier alpha value is -1.56. The second-order valence-electron chi connectivity index (χ2n) is 5.04. The summed E-state index contributed by atoms with van der Waals surface area (Å²) in [6.07, 6.45) is 3.55. The average molecular weight is 342 g/mol. The molecule has 5 nitrogen and oxygen atoms in total. The van der Waals surface area contributed by atoms with Crippen LogP contribution in [0.15, 0.2) is 30.6 Å². The molecule has 22 heavy (non-hydrogen) atoms. The molecule has 0 saturated carbocycles. The van der Waals surface area contributed by atoms with Crippen LogP contribution in [0.1, 0.15) is 25.2 Å².